The van der Waals surface area contributed by atoms with Crippen molar-refractivity contribution in [3.63, 3.8) is 0 Å². The molecule has 0 N–H and O–H groups in total. The Labute approximate surface area is 99.7 Å². The van der Waals surface area contributed by atoms with Gasteiger partial charge in [0.25, 0.3) is 10.0 Å². The average molecular weight is 262 g/mol. The third kappa shape index (κ3) is 2.99. The predicted octanol–water partition coefficient (Wildman–Crippen LogP) is 1.68. The van der Waals surface area contributed by atoms with Crippen LogP contribution in [-0.4, -0.2) is 29.3 Å². The van der Waals surface area contributed by atoms with Crippen molar-refractivity contribution in [2.24, 2.45) is 4.40 Å². The molecular formula is C9H12ClN3O2S. The molecule has 0 unspecified atom stereocenters. The van der Waals surface area contributed by atoms with E-state index in [1.54, 1.807) is 20.8 Å². The van der Waals surface area contributed by atoms with E-state index in [9.17, 15) is 8.42 Å². The predicted molar refractivity (Wildman–Crippen MR) is 63.3 cm³/mol. The zero-order valence-corrected chi connectivity index (χ0v) is 10.7. The van der Waals surface area contributed by atoms with Gasteiger partial charge in [0.2, 0.25) is 0 Å². The van der Waals surface area contributed by atoms with Gasteiger partial charge in [-0.25, -0.2) is 13.4 Å². The molecule has 88 valence electrons. The van der Waals surface area contributed by atoms with Gasteiger partial charge >= 0.3 is 0 Å². The smallest absolute Gasteiger partial charge is 0.250 e. The Morgan fingerprint density at radius 1 is 1.31 bits per heavy atom. The molecule has 0 atom stereocenters. The first kappa shape index (κ1) is 13.1. The Kier molecular flexibility index (Phi) is 3.64. The molecule has 0 aliphatic heterocycles. The summed E-state index contributed by atoms with van der Waals surface area (Å²) in [6.07, 6.45) is 3.94. The van der Waals surface area contributed by atoms with Crippen LogP contribution < -0.4 is 0 Å². The molecule has 0 saturated carbocycles. The summed E-state index contributed by atoms with van der Waals surface area (Å²) in [5.41, 5.74) is 0.233. The first-order chi connectivity index (χ1) is 7.24. The van der Waals surface area contributed by atoms with Gasteiger partial charge in [-0.05, 0) is 20.8 Å². The van der Waals surface area contributed by atoms with Crippen molar-refractivity contribution >= 4 is 27.8 Å². The van der Waals surface area contributed by atoms with Crippen LogP contribution in [0.15, 0.2) is 16.8 Å². The molecule has 1 heterocycles. The molecule has 0 bridgehead atoms. The van der Waals surface area contributed by atoms with Crippen molar-refractivity contribution in [3.05, 3.63) is 23.2 Å². The molecule has 0 spiro atoms. The average Bonchev–Trinajstić information content (AvgIpc) is 2.15. The normalized spacial score (nSPS) is 13.2. The Balaban J connectivity index is 3.04. The Morgan fingerprint density at radius 3 is 2.38 bits per heavy atom. The van der Waals surface area contributed by atoms with Crippen LogP contribution in [0.1, 0.15) is 26.5 Å². The minimum absolute atomic E-state index is 0.121. The molecule has 5 nitrogen and oxygen atoms in total. The molecule has 0 fully saturated rings. The molecule has 0 aliphatic rings. The second-order valence-corrected chi connectivity index (χ2v) is 6.80. The number of sulfonamides is 1. The summed E-state index contributed by atoms with van der Waals surface area (Å²) < 4.78 is 25.9. The van der Waals surface area contributed by atoms with Crippen LogP contribution >= 0.6 is 11.6 Å². The van der Waals surface area contributed by atoms with E-state index in [0.29, 0.717) is 0 Å². The highest BCUT2D eigenvalue weighted by Gasteiger charge is 2.27. The molecule has 1 aromatic heterocycles. The highest BCUT2D eigenvalue weighted by Crippen LogP contribution is 2.17. The number of hydrogen-bond donors (Lipinski definition) is 0. The molecule has 16 heavy (non-hydrogen) atoms. The van der Waals surface area contributed by atoms with E-state index in [0.717, 1.165) is 6.21 Å². The molecule has 0 amide bonds. The van der Waals surface area contributed by atoms with Gasteiger partial charge in [0, 0.05) is 12.4 Å². The van der Waals surface area contributed by atoms with Crippen LogP contribution in [0.2, 0.25) is 5.15 Å². The van der Waals surface area contributed by atoms with Crippen molar-refractivity contribution in [2.45, 2.75) is 25.5 Å². The van der Waals surface area contributed by atoms with Crippen LogP contribution in [0.5, 0.6) is 0 Å². The molecular weight excluding hydrogens is 250 g/mol. The Bertz CT molecular complexity index is 506. The van der Waals surface area contributed by atoms with Gasteiger partial charge in [-0.2, -0.15) is 4.40 Å². The van der Waals surface area contributed by atoms with Crippen LogP contribution in [0, 0.1) is 0 Å². The molecule has 1 aromatic rings. The monoisotopic (exact) mass is 261 g/mol. The second-order valence-electron chi connectivity index (χ2n) is 4.05. The Hall–Kier alpha value is -1.01. The second kappa shape index (κ2) is 4.47. The molecule has 7 heteroatoms. The summed E-state index contributed by atoms with van der Waals surface area (Å²) in [6.45, 7) is 4.70. The van der Waals surface area contributed by atoms with Crippen LogP contribution in [-0.2, 0) is 10.0 Å². The van der Waals surface area contributed by atoms with Gasteiger partial charge in [-0.1, -0.05) is 11.6 Å². The van der Waals surface area contributed by atoms with Crippen LogP contribution in [0.4, 0.5) is 0 Å². The third-order valence-corrected chi connectivity index (χ3v) is 3.99. The van der Waals surface area contributed by atoms with E-state index >= 15 is 0 Å². The first-order valence-electron chi connectivity index (χ1n) is 4.50. The van der Waals surface area contributed by atoms with E-state index in [1.165, 1.54) is 12.4 Å². The number of aromatic nitrogens is 2. The third-order valence-electron chi connectivity index (χ3n) is 1.77. The van der Waals surface area contributed by atoms with Crippen molar-refractivity contribution in [1.29, 1.82) is 0 Å². The summed E-state index contributed by atoms with van der Waals surface area (Å²) in [7, 11) is -3.57. The highest BCUT2D eigenvalue weighted by molar-refractivity contribution is 7.91. The van der Waals surface area contributed by atoms with Crippen molar-refractivity contribution in [3.8, 4) is 0 Å². The first-order valence-corrected chi connectivity index (χ1v) is 6.32. The molecule has 1 rings (SSSR count). The van der Waals surface area contributed by atoms with E-state index in [-0.39, 0.29) is 10.8 Å². The lowest BCUT2D eigenvalue weighted by Crippen LogP contribution is -2.25. The van der Waals surface area contributed by atoms with Gasteiger partial charge in [-0.15, -0.1) is 0 Å². The van der Waals surface area contributed by atoms with Crippen molar-refractivity contribution in [2.75, 3.05) is 0 Å². The van der Waals surface area contributed by atoms with E-state index in [1.807, 2.05) is 0 Å². The lowest BCUT2D eigenvalue weighted by atomic mass is 10.3. The van der Waals surface area contributed by atoms with Crippen LogP contribution in [0.3, 0.4) is 0 Å². The number of rotatable bonds is 2. The standard InChI is InChI=1S/C9H12ClN3O2S/c1-9(2,3)16(14,15)13-6-7-8(10)12-5-4-11-7/h4-6H,1-3H3. The molecule has 0 aromatic carbocycles. The summed E-state index contributed by atoms with van der Waals surface area (Å²) in [6, 6.07) is 0. The maximum Gasteiger partial charge on any atom is 0.258 e. The van der Waals surface area contributed by atoms with Gasteiger partial charge in [0.15, 0.2) is 5.15 Å². The zero-order valence-electron chi connectivity index (χ0n) is 9.18. The quantitative estimate of drug-likeness (QED) is 0.760. The number of halogens is 1. The van der Waals surface area contributed by atoms with Gasteiger partial charge in [0.05, 0.1) is 11.0 Å². The summed E-state index contributed by atoms with van der Waals surface area (Å²) in [4.78, 5) is 7.61. The number of nitrogens with zero attached hydrogens (tertiary/aromatic N) is 3. The van der Waals surface area contributed by atoms with Crippen molar-refractivity contribution in [1.82, 2.24) is 9.97 Å². The fourth-order valence-corrected chi connectivity index (χ4v) is 1.40. The number of hydrogen-bond acceptors (Lipinski definition) is 4. The van der Waals surface area contributed by atoms with Gasteiger partial charge < -0.3 is 0 Å². The lowest BCUT2D eigenvalue weighted by Gasteiger charge is -2.14. The van der Waals surface area contributed by atoms with Gasteiger partial charge in [0.1, 0.15) is 5.69 Å². The fraction of sp³-hybridized carbons (Fsp3) is 0.444. The largest absolute Gasteiger partial charge is 0.258 e. The van der Waals surface area contributed by atoms with Crippen molar-refractivity contribution < 1.29 is 8.42 Å². The minimum Gasteiger partial charge on any atom is -0.250 e. The highest BCUT2D eigenvalue weighted by atomic mass is 35.5. The summed E-state index contributed by atoms with van der Waals surface area (Å²) in [5.74, 6) is 0. The zero-order chi connectivity index (χ0) is 12.4. The summed E-state index contributed by atoms with van der Waals surface area (Å²) in [5, 5.41) is 0.121. The Morgan fingerprint density at radius 2 is 1.88 bits per heavy atom. The fourth-order valence-electron chi connectivity index (χ4n) is 0.696. The van der Waals surface area contributed by atoms with E-state index < -0.39 is 14.8 Å². The molecule has 0 aliphatic carbocycles. The summed E-state index contributed by atoms with van der Waals surface area (Å²) >= 11 is 5.71. The van der Waals surface area contributed by atoms with Crippen LogP contribution in [0.25, 0.3) is 0 Å². The minimum atomic E-state index is -3.57. The maximum absolute atomic E-state index is 11.6. The lowest BCUT2D eigenvalue weighted by molar-refractivity contribution is 0.562. The van der Waals surface area contributed by atoms with E-state index in [4.69, 9.17) is 11.6 Å². The van der Waals surface area contributed by atoms with Gasteiger partial charge in [-0.3, -0.25) is 4.98 Å². The maximum atomic E-state index is 11.6. The SMILES string of the molecule is CC(C)(C)S(=O)(=O)N=Cc1nccnc1Cl. The van der Waals surface area contributed by atoms with E-state index in [2.05, 4.69) is 14.4 Å². The molecule has 0 radical (unpaired) electrons. The molecule has 0 saturated heterocycles. The topological polar surface area (TPSA) is 72.3 Å².